The van der Waals surface area contributed by atoms with Gasteiger partial charge in [-0.15, -0.1) is 0 Å². The summed E-state index contributed by atoms with van der Waals surface area (Å²) in [6, 6.07) is 0. The van der Waals surface area contributed by atoms with E-state index in [1.807, 2.05) is 0 Å². The minimum Gasteiger partial charge on any atom is -0.870 e. The van der Waals surface area contributed by atoms with Crippen molar-refractivity contribution < 1.29 is 48.5 Å². The minimum atomic E-state index is -0.833. The number of carbonyl (C=O) groups is 2. The van der Waals surface area contributed by atoms with Gasteiger partial charge in [0.1, 0.15) is 0 Å². The van der Waals surface area contributed by atoms with Crippen molar-refractivity contribution in [2.75, 3.05) is 20.3 Å². The van der Waals surface area contributed by atoms with Crippen LogP contribution in [-0.2, 0) is 19.1 Å². The van der Waals surface area contributed by atoms with Gasteiger partial charge in [0, 0.05) is 27.1 Å². The summed E-state index contributed by atoms with van der Waals surface area (Å²) in [7, 11) is 1.35. The molecule has 1 aliphatic rings. The number of hydrogen-bond donors (Lipinski definition) is 1. The summed E-state index contributed by atoms with van der Waals surface area (Å²) < 4.78 is 9.06. The van der Waals surface area contributed by atoms with Crippen LogP contribution in [0.4, 0.5) is 0 Å². The van der Waals surface area contributed by atoms with E-state index in [0.29, 0.717) is 0 Å². The zero-order valence-corrected chi connectivity index (χ0v) is 10.4. The fraction of sp³-hybridized carbons (Fsp3) is 0.778. The summed E-state index contributed by atoms with van der Waals surface area (Å²) in [6.07, 6.45) is 2.56. The molecule has 1 fully saturated rings. The number of carbonyl (C=O) groups excluding carboxylic acids is 1. The number of hydrogen-bond acceptors (Lipinski definition) is 5. The van der Waals surface area contributed by atoms with E-state index in [-0.39, 0.29) is 30.3 Å². The summed E-state index contributed by atoms with van der Waals surface area (Å²) >= 11 is 0. The molecule has 1 saturated heterocycles. The van der Waals surface area contributed by atoms with Gasteiger partial charge in [0.05, 0.1) is 7.11 Å². The maximum atomic E-state index is 9.59. The van der Waals surface area contributed by atoms with Gasteiger partial charge in [-0.3, -0.25) is 9.59 Å². The van der Waals surface area contributed by atoms with Crippen LogP contribution in [0.25, 0.3) is 0 Å². The quantitative estimate of drug-likeness (QED) is 0.377. The van der Waals surface area contributed by atoms with Crippen molar-refractivity contribution in [1.29, 1.82) is 0 Å². The van der Waals surface area contributed by atoms with Gasteiger partial charge in [-0.2, -0.15) is 0 Å². The number of carboxylic acids is 1. The summed E-state index contributed by atoms with van der Waals surface area (Å²) in [5.74, 6) is -1.08. The van der Waals surface area contributed by atoms with Crippen LogP contribution in [0.3, 0.4) is 0 Å². The molecule has 0 unspecified atom stereocenters. The summed E-state index contributed by atoms with van der Waals surface area (Å²) in [4.78, 5) is 18.6. The van der Waals surface area contributed by atoms with Gasteiger partial charge in [-0.1, -0.05) is 0 Å². The normalized spacial score (nSPS) is 11.2. The Kier molecular flexibility index (Phi) is 30.7. The molecule has 0 amide bonds. The molecule has 0 spiro atoms. The second-order valence-corrected chi connectivity index (χ2v) is 2.53. The van der Waals surface area contributed by atoms with Crippen LogP contribution >= 0.6 is 0 Å². The van der Waals surface area contributed by atoms with Crippen LogP contribution in [0, 0.1) is 0 Å². The topological polar surface area (TPSA) is 103 Å². The Balaban J connectivity index is -0.0000000641. The van der Waals surface area contributed by atoms with E-state index in [4.69, 9.17) is 14.6 Å². The molecule has 7 heteroatoms. The molecule has 16 heavy (non-hydrogen) atoms. The monoisotopic (exact) mass is 230 g/mol. The van der Waals surface area contributed by atoms with Crippen molar-refractivity contribution in [2.45, 2.75) is 26.7 Å². The van der Waals surface area contributed by atoms with Crippen molar-refractivity contribution in [1.82, 2.24) is 0 Å². The predicted octanol–water partition coefficient (Wildman–Crippen LogP) is -2.11. The third-order valence-electron chi connectivity index (χ3n) is 1.11. The van der Waals surface area contributed by atoms with Gasteiger partial charge in [0.15, 0.2) is 0 Å². The number of rotatable bonds is 0. The van der Waals surface area contributed by atoms with E-state index in [2.05, 4.69) is 4.74 Å². The first-order chi connectivity index (χ1) is 6.50. The molecular weight excluding hydrogens is 211 g/mol. The van der Waals surface area contributed by atoms with Gasteiger partial charge in [-0.25, -0.2) is 0 Å². The molecular formula is C9H19LiO6. The average Bonchev–Trinajstić information content (AvgIpc) is 2.59. The molecule has 0 saturated carbocycles. The van der Waals surface area contributed by atoms with Gasteiger partial charge in [-0.05, 0) is 12.8 Å². The average molecular weight is 230 g/mol. The molecule has 6 nitrogen and oxygen atoms in total. The number of esters is 1. The molecule has 0 atom stereocenters. The Morgan fingerprint density at radius 2 is 1.44 bits per heavy atom. The largest absolute Gasteiger partial charge is 1.00 e. The van der Waals surface area contributed by atoms with Gasteiger partial charge in [0.2, 0.25) is 0 Å². The predicted molar refractivity (Wildman–Crippen MR) is 53.0 cm³/mol. The van der Waals surface area contributed by atoms with E-state index >= 15 is 0 Å². The zero-order chi connectivity index (χ0) is 11.4. The molecule has 0 aromatic heterocycles. The summed E-state index contributed by atoms with van der Waals surface area (Å²) in [5.41, 5.74) is 0. The molecule has 2 N–H and O–H groups in total. The van der Waals surface area contributed by atoms with E-state index in [0.717, 1.165) is 20.1 Å². The number of carboxylic acid groups (broad SMARTS) is 1. The molecule has 0 aromatic carbocycles. The molecule has 0 radical (unpaired) electrons. The molecule has 0 aliphatic carbocycles. The molecule has 1 heterocycles. The Hall–Kier alpha value is -0.543. The first kappa shape index (κ1) is 24.6. The molecule has 1 rings (SSSR count). The van der Waals surface area contributed by atoms with Crippen LogP contribution in [0.15, 0.2) is 0 Å². The van der Waals surface area contributed by atoms with Crippen molar-refractivity contribution in [3.63, 3.8) is 0 Å². The third kappa shape index (κ3) is 50.1. The zero-order valence-electron chi connectivity index (χ0n) is 10.4. The van der Waals surface area contributed by atoms with Crippen molar-refractivity contribution >= 4 is 11.9 Å². The Labute approximate surface area is 108 Å². The van der Waals surface area contributed by atoms with Gasteiger partial charge < -0.3 is 20.1 Å². The van der Waals surface area contributed by atoms with Crippen molar-refractivity contribution in [3.8, 4) is 0 Å². The number of methoxy groups -OCH3 is 1. The SMILES string of the molecule is C1CCOC1.CC(=O)O.COC(C)=O.[Li+].[OH-]. The molecule has 0 aromatic rings. The molecule has 1 aliphatic heterocycles. The minimum absolute atomic E-state index is 0. The second-order valence-electron chi connectivity index (χ2n) is 2.53. The third-order valence-corrected chi connectivity index (χ3v) is 1.11. The second kappa shape index (κ2) is 19.9. The first-order valence-electron chi connectivity index (χ1n) is 4.32. The van der Waals surface area contributed by atoms with Gasteiger partial charge in [0.25, 0.3) is 5.97 Å². The van der Waals surface area contributed by atoms with Crippen molar-refractivity contribution in [2.24, 2.45) is 0 Å². The van der Waals surface area contributed by atoms with Crippen LogP contribution < -0.4 is 18.9 Å². The maximum absolute atomic E-state index is 9.59. The van der Waals surface area contributed by atoms with Crippen LogP contribution in [0.2, 0.25) is 0 Å². The fourth-order valence-electron chi connectivity index (χ4n) is 0.510. The Bertz CT molecular complexity index is 146. The van der Waals surface area contributed by atoms with E-state index in [1.54, 1.807) is 0 Å². The Morgan fingerprint density at radius 1 is 1.19 bits per heavy atom. The fourth-order valence-corrected chi connectivity index (χ4v) is 0.510. The van der Waals surface area contributed by atoms with E-state index in [1.165, 1.54) is 26.9 Å². The van der Waals surface area contributed by atoms with Crippen LogP contribution in [0.5, 0.6) is 0 Å². The van der Waals surface area contributed by atoms with Crippen LogP contribution in [0.1, 0.15) is 26.7 Å². The number of aliphatic carboxylic acids is 1. The maximum Gasteiger partial charge on any atom is 1.00 e. The van der Waals surface area contributed by atoms with Crippen molar-refractivity contribution in [3.05, 3.63) is 0 Å². The summed E-state index contributed by atoms with van der Waals surface area (Å²) in [6.45, 7) is 4.44. The van der Waals surface area contributed by atoms with E-state index in [9.17, 15) is 4.79 Å². The smallest absolute Gasteiger partial charge is 0.870 e. The first-order valence-corrected chi connectivity index (χ1v) is 4.32. The van der Waals surface area contributed by atoms with Gasteiger partial charge >= 0.3 is 24.8 Å². The Morgan fingerprint density at radius 3 is 1.50 bits per heavy atom. The molecule has 92 valence electrons. The summed E-state index contributed by atoms with van der Waals surface area (Å²) in [5, 5.41) is 7.42. The number of ether oxygens (including phenoxy) is 2. The molecule has 0 bridgehead atoms. The standard InChI is InChI=1S/C4H8O.C3H6O2.C2H4O2.Li.H2O/c1-2-4-5-3-1;1-3(4)5-2;1-2(3)4;;/h1-4H2;1-2H3;1H3,(H,3,4);;1H2/q;;;+1;/p-1. The van der Waals surface area contributed by atoms with Crippen LogP contribution in [-0.4, -0.2) is 42.8 Å². The van der Waals surface area contributed by atoms with E-state index < -0.39 is 5.97 Å².